The number of carboxylic acids is 2. The predicted octanol–water partition coefficient (Wildman–Crippen LogP) is 2.04. The van der Waals surface area contributed by atoms with E-state index in [0.29, 0.717) is 0 Å². The average Bonchev–Trinajstić information content (AvgIpc) is 2.46. The first-order valence-electron chi connectivity index (χ1n) is 6.10. The van der Waals surface area contributed by atoms with E-state index in [1.165, 1.54) is 30.3 Å². The molecule has 1 amide bonds. The molecule has 0 saturated heterocycles. The minimum Gasteiger partial charge on any atom is -0.507 e. The van der Waals surface area contributed by atoms with Crippen LogP contribution in [0.1, 0.15) is 31.1 Å². The lowest BCUT2D eigenvalue weighted by Crippen LogP contribution is -2.16. The molecule has 2 rings (SSSR count). The van der Waals surface area contributed by atoms with E-state index in [2.05, 4.69) is 5.32 Å². The van der Waals surface area contributed by atoms with Crippen molar-refractivity contribution in [3.05, 3.63) is 59.2 Å². The number of carboxylic acid groups (broad SMARTS) is 2. The second-order valence-electron chi connectivity index (χ2n) is 4.34. The normalized spacial score (nSPS) is 10.0. The molecule has 2 aromatic rings. The molecule has 0 aliphatic rings. The third-order valence-corrected chi connectivity index (χ3v) is 2.89. The number of carbonyl (C=O) groups is 3. The molecule has 0 unspecified atom stereocenters. The van der Waals surface area contributed by atoms with Gasteiger partial charge in [0, 0.05) is 11.8 Å². The number of aromatic carboxylic acids is 2. The van der Waals surface area contributed by atoms with Crippen LogP contribution >= 0.6 is 0 Å². The summed E-state index contributed by atoms with van der Waals surface area (Å²) in [6.07, 6.45) is 0. The fourth-order valence-corrected chi connectivity index (χ4v) is 1.86. The molecule has 0 saturated carbocycles. The summed E-state index contributed by atoms with van der Waals surface area (Å²) in [5.41, 5.74) is -0.361. The second-order valence-corrected chi connectivity index (χ2v) is 4.34. The number of hydrogen-bond donors (Lipinski definition) is 4. The van der Waals surface area contributed by atoms with Crippen LogP contribution in [0.25, 0.3) is 0 Å². The van der Waals surface area contributed by atoms with Crippen LogP contribution in [0.4, 0.5) is 5.69 Å². The Morgan fingerprint density at radius 3 is 1.95 bits per heavy atom. The molecule has 4 N–H and O–H groups in total. The van der Waals surface area contributed by atoms with Crippen LogP contribution in [0, 0.1) is 0 Å². The SMILES string of the molecule is O=C(O)c1ccc(NC(=O)c2ccccc2C(=O)O)cc1O. The Bertz CT molecular complexity index is 768. The molecule has 0 atom stereocenters. The molecule has 0 radical (unpaired) electrons. The molecule has 0 aromatic heterocycles. The number of amides is 1. The molecule has 112 valence electrons. The van der Waals surface area contributed by atoms with E-state index in [4.69, 9.17) is 10.2 Å². The first-order chi connectivity index (χ1) is 10.4. The lowest BCUT2D eigenvalue weighted by atomic mass is 10.1. The van der Waals surface area contributed by atoms with E-state index >= 15 is 0 Å². The quantitative estimate of drug-likeness (QED) is 0.685. The number of phenols is 1. The average molecular weight is 301 g/mol. The van der Waals surface area contributed by atoms with Crippen molar-refractivity contribution in [3.63, 3.8) is 0 Å². The van der Waals surface area contributed by atoms with Gasteiger partial charge in [-0.05, 0) is 24.3 Å². The topological polar surface area (TPSA) is 124 Å². The summed E-state index contributed by atoms with van der Waals surface area (Å²) in [5.74, 6) is -3.72. The summed E-state index contributed by atoms with van der Waals surface area (Å²) >= 11 is 0. The van der Waals surface area contributed by atoms with Gasteiger partial charge in [-0.2, -0.15) is 0 Å². The zero-order valence-corrected chi connectivity index (χ0v) is 11.1. The van der Waals surface area contributed by atoms with Crippen molar-refractivity contribution in [2.24, 2.45) is 0 Å². The van der Waals surface area contributed by atoms with Crippen molar-refractivity contribution in [2.45, 2.75) is 0 Å². The van der Waals surface area contributed by atoms with Crippen molar-refractivity contribution in [2.75, 3.05) is 5.32 Å². The predicted molar refractivity (Wildman–Crippen MR) is 76.4 cm³/mol. The molecular weight excluding hydrogens is 290 g/mol. The van der Waals surface area contributed by atoms with Crippen LogP contribution in [0.3, 0.4) is 0 Å². The zero-order chi connectivity index (χ0) is 16.3. The van der Waals surface area contributed by atoms with Gasteiger partial charge in [0.05, 0.1) is 11.1 Å². The van der Waals surface area contributed by atoms with Crippen molar-refractivity contribution >= 4 is 23.5 Å². The van der Waals surface area contributed by atoms with Gasteiger partial charge in [0.1, 0.15) is 11.3 Å². The van der Waals surface area contributed by atoms with Gasteiger partial charge in [0.2, 0.25) is 0 Å². The van der Waals surface area contributed by atoms with E-state index in [0.717, 1.165) is 12.1 Å². The van der Waals surface area contributed by atoms with Gasteiger partial charge in [-0.3, -0.25) is 4.79 Å². The van der Waals surface area contributed by atoms with Crippen LogP contribution in [-0.4, -0.2) is 33.2 Å². The van der Waals surface area contributed by atoms with Gasteiger partial charge < -0.3 is 20.6 Å². The van der Waals surface area contributed by atoms with Crippen molar-refractivity contribution in [1.29, 1.82) is 0 Å². The van der Waals surface area contributed by atoms with Crippen LogP contribution < -0.4 is 5.32 Å². The smallest absolute Gasteiger partial charge is 0.339 e. The largest absolute Gasteiger partial charge is 0.507 e. The summed E-state index contributed by atoms with van der Waals surface area (Å²) < 4.78 is 0. The van der Waals surface area contributed by atoms with Gasteiger partial charge in [0.15, 0.2) is 0 Å². The Hall–Kier alpha value is -3.35. The van der Waals surface area contributed by atoms with Gasteiger partial charge in [-0.15, -0.1) is 0 Å². The second kappa shape index (κ2) is 5.96. The summed E-state index contributed by atoms with van der Waals surface area (Å²) in [7, 11) is 0. The Morgan fingerprint density at radius 2 is 1.41 bits per heavy atom. The number of benzene rings is 2. The molecule has 0 aliphatic carbocycles. The molecule has 7 heteroatoms. The summed E-state index contributed by atoms with van der Waals surface area (Å²) in [5, 5.41) is 29.8. The zero-order valence-electron chi connectivity index (χ0n) is 11.1. The Labute approximate surface area is 124 Å². The van der Waals surface area contributed by atoms with Crippen molar-refractivity contribution in [1.82, 2.24) is 0 Å². The maximum atomic E-state index is 12.1. The van der Waals surface area contributed by atoms with E-state index in [1.54, 1.807) is 0 Å². The van der Waals surface area contributed by atoms with Crippen LogP contribution in [-0.2, 0) is 0 Å². The van der Waals surface area contributed by atoms with Gasteiger partial charge in [-0.25, -0.2) is 9.59 Å². The highest BCUT2D eigenvalue weighted by Gasteiger charge is 2.17. The van der Waals surface area contributed by atoms with E-state index in [1.807, 2.05) is 0 Å². The minimum atomic E-state index is -1.30. The number of carbonyl (C=O) groups excluding carboxylic acids is 1. The van der Waals surface area contributed by atoms with Crippen LogP contribution in [0.2, 0.25) is 0 Å². The number of anilines is 1. The molecule has 22 heavy (non-hydrogen) atoms. The highest BCUT2D eigenvalue weighted by Crippen LogP contribution is 2.22. The van der Waals surface area contributed by atoms with Gasteiger partial charge in [0.25, 0.3) is 5.91 Å². The van der Waals surface area contributed by atoms with E-state index in [9.17, 15) is 19.5 Å². The fraction of sp³-hybridized carbons (Fsp3) is 0. The van der Waals surface area contributed by atoms with E-state index < -0.39 is 23.6 Å². The van der Waals surface area contributed by atoms with Crippen LogP contribution in [0.15, 0.2) is 42.5 Å². The number of nitrogens with one attached hydrogen (secondary N) is 1. The fourth-order valence-electron chi connectivity index (χ4n) is 1.86. The summed E-state index contributed by atoms with van der Waals surface area (Å²) in [4.78, 5) is 33.9. The Morgan fingerprint density at radius 1 is 0.818 bits per heavy atom. The first-order valence-corrected chi connectivity index (χ1v) is 6.10. The third-order valence-electron chi connectivity index (χ3n) is 2.89. The molecule has 0 heterocycles. The standard InChI is InChI=1S/C15H11NO6/c17-12-7-8(5-6-11(12)15(21)22)16-13(18)9-3-1-2-4-10(9)14(19)20/h1-7,17H,(H,16,18)(H,19,20)(H,21,22). The van der Waals surface area contributed by atoms with Gasteiger partial charge >= 0.3 is 11.9 Å². The summed E-state index contributed by atoms with van der Waals surface area (Å²) in [6.45, 7) is 0. The molecule has 2 aromatic carbocycles. The summed E-state index contributed by atoms with van der Waals surface area (Å²) in [6, 6.07) is 9.16. The molecule has 0 bridgehead atoms. The molecule has 0 fully saturated rings. The molecule has 7 nitrogen and oxygen atoms in total. The maximum Gasteiger partial charge on any atom is 0.339 e. The van der Waals surface area contributed by atoms with Crippen LogP contribution in [0.5, 0.6) is 5.75 Å². The Balaban J connectivity index is 2.28. The molecular formula is C15H11NO6. The molecule has 0 aliphatic heterocycles. The highest BCUT2D eigenvalue weighted by molar-refractivity contribution is 6.10. The molecule has 0 spiro atoms. The lowest BCUT2D eigenvalue weighted by Gasteiger charge is -2.09. The monoisotopic (exact) mass is 301 g/mol. The number of hydrogen-bond acceptors (Lipinski definition) is 4. The van der Waals surface area contributed by atoms with Crippen molar-refractivity contribution in [3.8, 4) is 5.75 Å². The minimum absolute atomic E-state index is 0.0446. The number of rotatable bonds is 4. The maximum absolute atomic E-state index is 12.1. The Kier molecular flexibility index (Phi) is 4.08. The van der Waals surface area contributed by atoms with Gasteiger partial charge in [-0.1, -0.05) is 12.1 Å². The number of aromatic hydroxyl groups is 1. The highest BCUT2D eigenvalue weighted by atomic mass is 16.4. The van der Waals surface area contributed by atoms with Crippen molar-refractivity contribution < 1.29 is 29.7 Å². The lowest BCUT2D eigenvalue weighted by molar-refractivity contribution is 0.0683. The first kappa shape index (κ1) is 15.0. The van der Waals surface area contributed by atoms with E-state index in [-0.39, 0.29) is 22.4 Å². The third kappa shape index (κ3) is 3.04.